The van der Waals surface area contributed by atoms with Gasteiger partial charge in [-0.2, -0.15) is 0 Å². The molecule has 0 atom stereocenters. The van der Waals surface area contributed by atoms with Gasteiger partial charge >= 0.3 is 0 Å². The molecular weight excluding hydrogens is 178 g/mol. The second-order valence-corrected chi connectivity index (χ2v) is 3.46. The minimum absolute atomic E-state index is 0.383. The predicted octanol–water partition coefficient (Wildman–Crippen LogP) is 0.540. The Bertz CT molecular complexity index is 323. The molecule has 2 rings (SSSR count). The molecule has 0 saturated heterocycles. The molecule has 4 nitrogen and oxygen atoms in total. The van der Waals surface area contributed by atoms with Crippen molar-refractivity contribution in [3.8, 4) is 5.75 Å². The van der Waals surface area contributed by atoms with Crippen LogP contribution in [-0.2, 0) is 13.1 Å². The van der Waals surface area contributed by atoms with E-state index in [0.717, 1.165) is 29.8 Å². The molecule has 0 radical (unpaired) electrons. The van der Waals surface area contributed by atoms with Crippen LogP contribution in [0.3, 0.4) is 0 Å². The van der Waals surface area contributed by atoms with Crippen molar-refractivity contribution in [1.82, 2.24) is 4.98 Å². The standard InChI is InChI=1S/C10H15N3O/c11-5-8-9(6-12)13-4-3-10(8)14-7-1-2-7/h3-4,7H,1-2,5-6,11-12H2. The van der Waals surface area contributed by atoms with Gasteiger partial charge in [-0.25, -0.2) is 0 Å². The maximum atomic E-state index is 5.71. The van der Waals surface area contributed by atoms with Crippen molar-refractivity contribution >= 4 is 0 Å². The Morgan fingerprint density at radius 1 is 1.36 bits per heavy atom. The monoisotopic (exact) mass is 193 g/mol. The van der Waals surface area contributed by atoms with Gasteiger partial charge in [-0.05, 0) is 18.9 Å². The number of nitrogens with zero attached hydrogens (tertiary/aromatic N) is 1. The molecule has 1 saturated carbocycles. The summed E-state index contributed by atoms with van der Waals surface area (Å²) in [5, 5.41) is 0. The highest BCUT2D eigenvalue weighted by Crippen LogP contribution is 2.29. The average molecular weight is 193 g/mol. The average Bonchev–Trinajstić information content (AvgIpc) is 3.01. The van der Waals surface area contributed by atoms with Gasteiger partial charge in [0.25, 0.3) is 0 Å². The van der Waals surface area contributed by atoms with E-state index in [4.69, 9.17) is 16.2 Å². The van der Waals surface area contributed by atoms with Crippen molar-refractivity contribution in [2.75, 3.05) is 0 Å². The molecule has 1 aromatic heterocycles. The van der Waals surface area contributed by atoms with Crippen molar-refractivity contribution in [3.63, 3.8) is 0 Å². The maximum absolute atomic E-state index is 5.71. The zero-order chi connectivity index (χ0) is 9.97. The third kappa shape index (κ3) is 1.86. The zero-order valence-corrected chi connectivity index (χ0v) is 8.07. The molecule has 1 aliphatic carbocycles. The summed E-state index contributed by atoms with van der Waals surface area (Å²) in [6, 6.07) is 1.86. The van der Waals surface area contributed by atoms with Crippen LogP contribution in [-0.4, -0.2) is 11.1 Å². The van der Waals surface area contributed by atoms with E-state index in [-0.39, 0.29) is 0 Å². The highest BCUT2D eigenvalue weighted by Gasteiger charge is 2.24. The van der Waals surface area contributed by atoms with Crippen molar-refractivity contribution < 1.29 is 4.74 Å². The summed E-state index contributed by atoms with van der Waals surface area (Å²) in [7, 11) is 0. The van der Waals surface area contributed by atoms with Crippen LogP contribution in [0.4, 0.5) is 0 Å². The van der Waals surface area contributed by atoms with E-state index in [1.54, 1.807) is 6.20 Å². The summed E-state index contributed by atoms with van der Waals surface area (Å²) < 4.78 is 5.71. The Morgan fingerprint density at radius 3 is 2.71 bits per heavy atom. The molecule has 4 heteroatoms. The van der Waals surface area contributed by atoms with Gasteiger partial charge in [0.2, 0.25) is 0 Å². The Balaban J connectivity index is 2.26. The van der Waals surface area contributed by atoms with Crippen LogP contribution in [0.15, 0.2) is 12.3 Å². The van der Waals surface area contributed by atoms with Gasteiger partial charge in [0.05, 0.1) is 11.8 Å². The first-order valence-corrected chi connectivity index (χ1v) is 4.88. The fourth-order valence-electron chi connectivity index (χ4n) is 1.39. The number of hydrogen-bond donors (Lipinski definition) is 2. The van der Waals surface area contributed by atoms with Crippen LogP contribution in [0.1, 0.15) is 24.1 Å². The number of nitrogens with two attached hydrogens (primary N) is 2. The lowest BCUT2D eigenvalue weighted by Gasteiger charge is -2.11. The molecule has 1 fully saturated rings. The van der Waals surface area contributed by atoms with E-state index in [9.17, 15) is 0 Å². The predicted molar refractivity (Wildman–Crippen MR) is 53.7 cm³/mol. The summed E-state index contributed by atoms with van der Waals surface area (Å²) in [6.45, 7) is 0.844. The van der Waals surface area contributed by atoms with Gasteiger partial charge in [-0.3, -0.25) is 4.98 Å². The van der Waals surface area contributed by atoms with Crippen LogP contribution in [0, 0.1) is 0 Å². The van der Waals surface area contributed by atoms with Crippen molar-refractivity contribution in [3.05, 3.63) is 23.5 Å². The Morgan fingerprint density at radius 2 is 2.14 bits per heavy atom. The van der Waals surface area contributed by atoms with Crippen LogP contribution >= 0.6 is 0 Å². The van der Waals surface area contributed by atoms with Crippen LogP contribution in [0.25, 0.3) is 0 Å². The molecular formula is C10H15N3O. The number of aromatic nitrogens is 1. The highest BCUT2D eigenvalue weighted by molar-refractivity contribution is 5.36. The molecule has 0 bridgehead atoms. The minimum atomic E-state index is 0.383. The number of hydrogen-bond acceptors (Lipinski definition) is 4. The number of pyridine rings is 1. The molecule has 1 heterocycles. The van der Waals surface area contributed by atoms with E-state index in [2.05, 4.69) is 4.98 Å². The molecule has 76 valence electrons. The van der Waals surface area contributed by atoms with Gasteiger partial charge < -0.3 is 16.2 Å². The smallest absolute Gasteiger partial charge is 0.127 e. The molecule has 0 aromatic carbocycles. The van der Waals surface area contributed by atoms with Crippen LogP contribution < -0.4 is 16.2 Å². The SMILES string of the molecule is NCc1nccc(OC2CC2)c1CN. The summed E-state index contributed by atoms with van der Waals surface area (Å²) in [5.41, 5.74) is 13.0. The molecule has 1 aromatic rings. The van der Waals surface area contributed by atoms with Crippen LogP contribution in [0.5, 0.6) is 5.75 Å². The van der Waals surface area contributed by atoms with Gasteiger partial charge in [0, 0.05) is 24.8 Å². The van der Waals surface area contributed by atoms with Gasteiger partial charge in [-0.1, -0.05) is 0 Å². The number of rotatable bonds is 4. The lowest BCUT2D eigenvalue weighted by molar-refractivity contribution is 0.299. The fourth-order valence-corrected chi connectivity index (χ4v) is 1.39. The van der Waals surface area contributed by atoms with Gasteiger partial charge in [0.15, 0.2) is 0 Å². The normalized spacial score (nSPS) is 15.6. The molecule has 14 heavy (non-hydrogen) atoms. The first kappa shape index (κ1) is 9.43. The first-order valence-electron chi connectivity index (χ1n) is 4.88. The van der Waals surface area contributed by atoms with E-state index in [1.165, 1.54) is 0 Å². The second kappa shape index (κ2) is 3.94. The van der Waals surface area contributed by atoms with E-state index < -0.39 is 0 Å². The van der Waals surface area contributed by atoms with Crippen LogP contribution in [0.2, 0.25) is 0 Å². The van der Waals surface area contributed by atoms with Gasteiger partial charge in [-0.15, -0.1) is 0 Å². The van der Waals surface area contributed by atoms with Gasteiger partial charge in [0.1, 0.15) is 5.75 Å². The Hall–Kier alpha value is -1.13. The first-order chi connectivity index (χ1) is 6.85. The summed E-state index contributed by atoms with van der Waals surface area (Å²) in [5.74, 6) is 0.852. The molecule has 0 unspecified atom stereocenters. The summed E-state index contributed by atoms with van der Waals surface area (Å²) in [6.07, 6.45) is 4.39. The Kier molecular flexibility index (Phi) is 2.65. The Labute approximate surface area is 83.3 Å². The molecule has 4 N–H and O–H groups in total. The van der Waals surface area contributed by atoms with Crippen molar-refractivity contribution in [2.45, 2.75) is 32.0 Å². The molecule has 0 aliphatic heterocycles. The van der Waals surface area contributed by atoms with Crippen molar-refractivity contribution in [1.29, 1.82) is 0 Å². The largest absolute Gasteiger partial charge is 0.490 e. The van der Waals surface area contributed by atoms with E-state index in [0.29, 0.717) is 19.2 Å². The maximum Gasteiger partial charge on any atom is 0.127 e. The third-order valence-electron chi connectivity index (χ3n) is 2.32. The lowest BCUT2D eigenvalue weighted by atomic mass is 10.1. The molecule has 1 aliphatic rings. The van der Waals surface area contributed by atoms with Crippen molar-refractivity contribution in [2.24, 2.45) is 11.5 Å². The highest BCUT2D eigenvalue weighted by atomic mass is 16.5. The second-order valence-electron chi connectivity index (χ2n) is 3.46. The molecule has 0 amide bonds. The molecule has 0 spiro atoms. The third-order valence-corrected chi connectivity index (χ3v) is 2.32. The lowest BCUT2D eigenvalue weighted by Crippen LogP contribution is -2.11. The summed E-state index contributed by atoms with van der Waals surface area (Å²) >= 11 is 0. The summed E-state index contributed by atoms with van der Waals surface area (Å²) in [4.78, 5) is 4.17. The quantitative estimate of drug-likeness (QED) is 0.732. The van der Waals surface area contributed by atoms with E-state index >= 15 is 0 Å². The topological polar surface area (TPSA) is 74.2 Å². The zero-order valence-electron chi connectivity index (χ0n) is 8.07. The fraction of sp³-hybridized carbons (Fsp3) is 0.500. The number of ether oxygens (including phenoxy) is 1. The minimum Gasteiger partial charge on any atom is -0.490 e. The van der Waals surface area contributed by atoms with E-state index in [1.807, 2.05) is 6.07 Å².